The lowest BCUT2D eigenvalue weighted by molar-refractivity contribution is -0.211. The van der Waals surface area contributed by atoms with E-state index in [0.29, 0.717) is 55.7 Å². The number of hydrogen-bond acceptors (Lipinski definition) is 5. The van der Waals surface area contributed by atoms with Gasteiger partial charge in [-0.1, -0.05) is 38.4 Å². The highest BCUT2D eigenvalue weighted by Gasteiger charge is 2.47. The minimum Gasteiger partial charge on any atom is -0.496 e. The van der Waals surface area contributed by atoms with Crippen molar-refractivity contribution in [2.75, 3.05) is 19.9 Å². The third-order valence-electron chi connectivity index (χ3n) is 7.30. The summed E-state index contributed by atoms with van der Waals surface area (Å²) in [7, 11) is -1.67. The minimum atomic E-state index is -4.38. The molecule has 3 rings (SSSR count). The summed E-state index contributed by atoms with van der Waals surface area (Å²) in [6.45, 7) is 4.53. The molecule has 1 aromatic heterocycles. The predicted octanol–water partition coefficient (Wildman–Crippen LogP) is 5.56. The number of hydrogen-bond donors (Lipinski definition) is 1. The Morgan fingerprint density at radius 1 is 1.21 bits per heavy atom. The second kappa shape index (κ2) is 11.5. The first-order valence-electron chi connectivity index (χ1n) is 12.6. The topological polar surface area (TPSA) is 90.3 Å². The summed E-state index contributed by atoms with van der Waals surface area (Å²) >= 11 is 6.61. The summed E-state index contributed by atoms with van der Waals surface area (Å²) in [5.74, 6) is 0.520. The van der Waals surface area contributed by atoms with Gasteiger partial charge < -0.3 is 10.1 Å². The van der Waals surface area contributed by atoms with E-state index in [0.717, 1.165) is 13.8 Å². The van der Waals surface area contributed by atoms with E-state index in [1.165, 1.54) is 13.4 Å². The number of carbonyl (C=O) groups is 1. The normalized spacial score (nSPS) is 18.9. The van der Waals surface area contributed by atoms with Crippen LogP contribution in [0.1, 0.15) is 68.3 Å². The molecule has 1 N–H and O–H groups in total. The van der Waals surface area contributed by atoms with Gasteiger partial charge in [-0.3, -0.25) is 9.36 Å². The number of methoxy groups -OCH3 is 1. The highest BCUT2D eigenvalue weighted by atomic mass is 35.5. The predicted molar refractivity (Wildman–Crippen MR) is 141 cm³/mol. The number of carbonyl (C=O) groups excluding carboxylic acids is 1. The number of benzene rings is 1. The van der Waals surface area contributed by atoms with E-state index in [4.69, 9.17) is 16.3 Å². The highest BCUT2D eigenvalue weighted by Crippen LogP contribution is 2.42. The van der Waals surface area contributed by atoms with E-state index in [9.17, 15) is 26.4 Å². The molecule has 0 spiro atoms. The second-order valence-electron chi connectivity index (χ2n) is 10.6. The van der Waals surface area contributed by atoms with Gasteiger partial charge in [-0.05, 0) is 49.7 Å². The first kappa shape index (κ1) is 30.3. The van der Waals surface area contributed by atoms with Crippen LogP contribution in [-0.4, -0.2) is 55.2 Å². The molecule has 0 bridgehead atoms. The maximum atomic E-state index is 13.4. The molecule has 38 heavy (non-hydrogen) atoms. The summed E-state index contributed by atoms with van der Waals surface area (Å²) in [5.41, 5.74) is -0.980. The molecule has 7 nitrogen and oxygen atoms in total. The summed E-state index contributed by atoms with van der Waals surface area (Å²) < 4.78 is 70.9. The number of aromatic nitrogens is 2. The molecule has 1 aliphatic rings. The lowest BCUT2D eigenvalue weighted by Crippen LogP contribution is -2.34. The first-order valence-corrected chi connectivity index (χ1v) is 14.9. The standard InChI is InChI=1S/C26H35ClF3N3O4S/c1-6-21-32-22(24(34)31-15-16-7-11-19(12-8-16)38(5,35)36)23(27)33(21)18-10-9-17(20(13-18)37-4)14-25(2,3)26(28,29)30/h9-10,13,16,19H,6-8,11-12,14-15H2,1-5H3,(H,31,34)/t16-,19-. The fraction of sp³-hybridized carbons (Fsp3) is 0.615. The number of nitrogens with one attached hydrogen (secondary N) is 1. The summed E-state index contributed by atoms with van der Waals surface area (Å²) in [6, 6.07) is 4.80. The van der Waals surface area contributed by atoms with E-state index >= 15 is 0 Å². The molecule has 12 heteroatoms. The van der Waals surface area contributed by atoms with Gasteiger partial charge in [-0.25, -0.2) is 13.4 Å². The number of nitrogens with zero attached hydrogens (tertiary/aromatic N) is 2. The minimum absolute atomic E-state index is 0.0505. The average Bonchev–Trinajstić information content (AvgIpc) is 3.18. The third-order valence-corrected chi connectivity index (χ3v) is 9.33. The van der Waals surface area contributed by atoms with Gasteiger partial charge >= 0.3 is 6.18 Å². The number of aryl methyl sites for hydroxylation is 1. The molecule has 0 atom stereocenters. The zero-order valence-corrected chi connectivity index (χ0v) is 23.9. The van der Waals surface area contributed by atoms with Crippen LogP contribution in [0.25, 0.3) is 5.69 Å². The van der Waals surface area contributed by atoms with Crippen molar-refractivity contribution in [1.29, 1.82) is 0 Å². The molecule has 1 saturated carbocycles. The fourth-order valence-electron chi connectivity index (χ4n) is 4.77. The van der Waals surface area contributed by atoms with E-state index in [2.05, 4.69) is 10.3 Å². The zero-order chi connectivity index (χ0) is 28.5. The van der Waals surface area contributed by atoms with Crippen LogP contribution in [0.3, 0.4) is 0 Å². The SMILES string of the molecule is CCc1nc(C(=O)NC[C@H]2CC[C@H](S(C)(=O)=O)CC2)c(Cl)n1-c1ccc(CC(C)(C)C(F)(F)F)c(OC)c1. The Morgan fingerprint density at radius 2 is 1.84 bits per heavy atom. The van der Waals surface area contributed by atoms with Crippen LogP contribution in [0.2, 0.25) is 5.15 Å². The number of alkyl halides is 3. The van der Waals surface area contributed by atoms with Gasteiger partial charge in [-0.15, -0.1) is 0 Å². The summed E-state index contributed by atoms with van der Waals surface area (Å²) in [5, 5.41) is 2.63. The molecule has 1 aromatic carbocycles. The average molecular weight is 578 g/mol. The van der Waals surface area contributed by atoms with Crippen LogP contribution in [0.15, 0.2) is 18.2 Å². The molecule has 0 radical (unpaired) electrons. The maximum Gasteiger partial charge on any atom is 0.394 e. The molecule has 1 amide bonds. The van der Waals surface area contributed by atoms with Crippen molar-refractivity contribution in [2.45, 2.75) is 70.7 Å². The Labute approximate surface area is 227 Å². The molecular formula is C26H35ClF3N3O4S. The lowest BCUT2D eigenvalue weighted by Gasteiger charge is -2.28. The Bertz CT molecular complexity index is 1270. The molecule has 1 heterocycles. The Balaban J connectivity index is 1.79. The number of imidazole rings is 1. The monoisotopic (exact) mass is 577 g/mol. The van der Waals surface area contributed by atoms with Crippen molar-refractivity contribution in [3.63, 3.8) is 0 Å². The molecule has 1 aliphatic carbocycles. The lowest BCUT2D eigenvalue weighted by atomic mass is 9.84. The Kier molecular flexibility index (Phi) is 9.13. The molecule has 0 unspecified atom stereocenters. The number of rotatable bonds is 9. The Hall–Kier alpha value is -2.27. The largest absolute Gasteiger partial charge is 0.496 e. The van der Waals surface area contributed by atoms with Crippen molar-refractivity contribution >= 4 is 27.3 Å². The van der Waals surface area contributed by atoms with Crippen LogP contribution < -0.4 is 10.1 Å². The van der Waals surface area contributed by atoms with Gasteiger partial charge in [0.1, 0.15) is 26.6 Å². The van der Waals surface area contributed by atoms with Crippen molar-refractivity contribution in [3.8, 4) is 11.4 Å². The van der Waals surface area contributed by atoms with Crippen molar-refractivity contribution in [2.24, 2.45) is 11.3 Å². The smallest absolute Gasteiger partial charge is 0.394 e. The summed E-state index contributed by atoms with van der Waals surface area (Å²) in [4.78, 5) is 17.4. The van der Waals surface area contributed by atoms with Crippen molar-refractivity contribution in [3.05, 3.63) is 40.4 Å². The van der Waals surface area contributed by atoms with Crippen LogP contribution in [0, 0.1) is 11.3 Å². The Morgan fingerprint density at radius 3 is 2.37 bits per heavy atom. The third kappa shape index (κ3) is 6.65. The zero-order valence-electron chi connectivity index (χ0n) is 22.3. The van der Waals surface area contributed by atoms with Gasteiger partial charge in [0.25, 0.3) is 5.91 Å². The van der Waals surface area contributed by atoms with Crippen molar-refractivity contribution in [1.82, 2.24) is 14.9 Å². The number of sulfone groups is 1. The molecular weight excluding hydrogens is 543 g/mol. The van der Waals surface area contributed by atoms with Crippen LogP contribution in [-0.2, 0) is 22.7 Å². The molecule has 2 aromatic rings. The van der Waals surface area contributed by atoms with E-state index in [1.54, 1.807) is 22.8 Å². The molecule has 0 aliphatic heterocycles. The number of halogens is 4. The number of ether oxygens (including phenoxy) is 1. The van der Waals surface area contributed by atoms with E-state index in [-0.39, 0.29) is 34.2 Å². The van der Waals surface area contributed by atoms with Crippen LogP contribution >= 0.6 is 11.6 Å². The van der Waals surface area contributed by atoms with Gasteiger partial charge in [-0.2, -0.15) is 13.2 Å². The van der Waals surface area contributed by atoms with Gasteiger partial charge in [0.05, 0.1) is 23.5 Å². The van der Waals surface area contributed by atoms with Crippen molar-refractivity contribution < 1.29 is 31.1 Å². The number of amides is 1. The van der Waals surface area contributed by atoms with Gasteiger partial charge in [0, 0.05) is 25.3 Å². The molecule has 1 fully saturated rings. The first-order chi connectivity index (χ1) is 17.6. The van der Waals surface area contributed by atoms with Crippen LogP contribution in [0.5, 0.6) is 5.75 Å². The van der Waals surface area contributed by atoms with Crippen LogP contribution in [0.4, 0.5) is 13.2 Å². The van der Waals surface area contributed by atoms with Gasteiger partial charge in [0.2, 0.25) is 0 Å². The van der Waals surface area contributed by atoms with Gasteiger partial charge in [0.15, 0.2) is 5.69 Å². The maximum absolute atomic E-state index is 13.4. The highest BCUT2D eigenvalue weighted by molar-refractivity contribution is 7.91. The summed E-state index contributed by atoms with van der Waals surface area (Å²) in [6.07, 6.45) is -0.370. The second-order valence-corrected chi connectivity index (χ2v) is 13.3. The quantitative estimate of drug-likeness (QED) is 0.421. The molecule has 0 saturated heterocycles. The molecule has 212 valence electrons. The van der Waals surface area contributed by atoms with E-state index in [1.807, 2.05) is 6.92 Å². The van der Waals surface area contributed by atoms with E-state index < -0.39 is 27.3 Å². The fourth-order valence-corrected chi connectivity index (χ4v) is 6.22.